The zero-order valence-corrected chi connectivity index (χ0v) is 10.9. The van der Waals surface area contributed by atoms with Crippen molar-refractivity contribution in [2.24, 2.45) is 5.73 Å². The van der Waals surface area contributed by atoms with Gasteiger partial charge in [0.25, 0.3) is 0 Å². The van der Waals surface area contributed by atoms with Gasteiger partial charge in [-0.05, 0) is 20.8 Å². The van der Waals surface area contributed by atoms with Crippen molar-refractivity contribution < 1.29 is 4.79 Å². The Balaban J connectivity index is 2.55. The predicted octanol–water partition coefficient (Wildman–Crippen LogP) is 1.16. The van der Waals surface area contributed by atoms with Crippen LogP contribution in [0.4, 0.5) is 0 Å². The van der Waals surface area contributed by atoms with Crippen molar-refractivity contribution in [1.29, 1.82) is 0 Å². The predicted molar refractivity (Wildman–Crippen MR) is 67.4 cm³/mol. The first kappa shape index (κ1) is 13.7. The van der Waals surface area contributed by atoms with E-state index in [1.807, 2.05) is 30.2 Å². The molecule has 0 aliphatic carbocycles. The third-order valence-corrected chi connectivity index (χ3v) is 2.89. The lowest BCUT2D eigenvalue weighted by Crippen LogP contribution is -2.31. The quantitative estimate of drug-likeness (QED) is 0.809. The van der Waals surface area contributed by atoms with Crippen molar-refractivity contribution in [1.82, 2.24) is 14.5 Å². The van der Waals surface area contributed by atoms with Crippen LogP contribution in [0.5, 0.6) is 0 Å². The first-order valence-corrected chi connectivity index (χ1v) is 6.13. The molecule has 1 rings (SSSR count). The summed E-state index contributed by atoms with van der Waals surface area (Å²) in [6.45, 7) is 8.07. The second kappa shape index (κ2) is 6.39. The molecule has 1 atom stereocenters. The number of nitrogens with two attached hydrogens (primary N) is 1. The monoisotopic (exact) mass is 238 g/mol. The molecule has 0 aliphatic rings. The maximum absolute atomic E-state index is 11.8. The number of carbonyl (C=O) groups is 1. The largest absolute Gasteiger partial charge is 0.343 e. The van der Waals surface area contributed by atoms with Crippen molar-refractivity contribution in [2.75, 3.05) is 13.1 Å². The van der Waals surface area contributed by atoms with Gasteiger partial charge in [-0.15, -0.1) is 0 Å². The first-order valence-electron chi connectivity index (χ1n) is 6.13. The summed E-state index contributed by atoms with van der Waals surface area (Å²) >= 11 is 0. The molecule has 96 valence electrons. The highest BCUT2D eigenvalue weighted by atomic mass is 16.2. The van der Waals surface area contributed by atoms with Gasteiger partial charge in [0.2, 0.25) is 5.91 Å². The summed E-state index contributed by atoms with van der Waals surface area (Å²) in [5.74, 6) is 0.180. The minimum absolute atomic E-state index is 0.0546. The number of imidazole rings is 1. The molecular formula is C12H22N4O. The number of aryl methyl sites for hydroxylation is 1. The molecule has 5 heteroatoms. The van der Waals surface area contributed by atoms with Gasteiger partial charge in [-0.3, -0.25) is 4.79 Å². The summed E-state index contributed by atoms with van der Waals surface area (Å²) in [4.78, 5) is 17.7. The molecule has 5 nitrogen and oxygen atoms in total. The van der Waals surface area contributed by atoms with Crippen LogP contribution >= 0.6 is 0 Å². The Bertz CT molecular complexity index is 355. The van der Waals surface area contributed by atoms with Crippen LogP contribution < -0.4 is 5.73 Å². The van der Waals surface area contributed by atoms with Gasteiger partial charge in [0.1, 0.15) is 0 Å². The minimum Gasteiger partial charge on any atom is -0.343 e. The van der Waals surface area contributed by atoms with E-state index in [1.165, 1.54) is 0 Å². The third-order valence-electron chi connectivity index (χ3n) is 2.89. The molecule has 1 amide bonds. The van der Waals surface area contributed by atoms with Crippen LogP contribution in [0.15, 0.2) is 12.5 Å². The standard InChI is InChI=1S/C12H22N4O/c1-4-15(5-2)12(17)6-7-16-9-14-8-11(16)10(3)13/h8-10H,4-7,13H2,1-3H3. The van der Waals surface area contributed by atoms with E-state index in [2.05, 4.69) is 4.98 Å². The van der Waals surface area contributed by atoms with Gasteiger partial charge in [-0.2, -0.15) is 0 Å². The van der Waals surface area contributed by atoms with Gasteiger partial charge >= 0.3 is 0 Å². The molecule has 0 saturated carbocycles. The fraction of sp³-hybridized carbons (Fsp3) is 0.667. The van der Waals surface area contributed by atoms with E-state index >= 15 is 0 Å². The first-order chi connectivity index (χ1) is 8.10. The van der Waals surface area contributed by atoms with Gasteiger partial charge < -0.3 is 15.2 Å². The molecule has 1 unspecified atom stereocenters. The molecule has 0 spiro atoms. The lowest BCUT2D eigenvalue weighted by Gasteiger charge is -2.19. The van der Waals surface area contributed by atoms with Crippen LogP contribution in [-0.4, -0.2) is 33.4 Å². The van der Waals surface area contributed by atoms with Gasteiger partial charge in [-0.25, -0.2) is 4.98 Å². The van der Waals surface area contributed by atoms with Crippen molar-refractivity contribution >= 4 is 5.91 Å². The fourth-order valence-corrected chi connectivity index (χ4v) is 1.85. The van der Waals surface area contributed by atoms with Gasteiger partial charge in [0, 0.05) is 38.3 Å². The van der Waals surface area contributed by atoms with E-state index in [0.29, 0.717) is 13.0 Å². The van der Waals surface area contributed by atoms with E-state index in [0.717, 1.165) is 18.8 Å². The molecular weight excluding hydrogens is 216 g/mol. The number of aromatic nitrogens is 2. The number of nitrogens with zero attached hydrogens (tertiary/aromatic N) is 3. The van der Waals surface area contributed by atoms with Crippen LogP contribution in [0.1, 0.15) is 38.9 Å². The number of carbonyl (C=O) groups excluding carboxylic acids is 1. The number of hydrogen-bond donors (Lipinski definition) is 1. The van der Waals surface area contributed by atoms with Gasteiger partial charge in [-0.1, -0.05) is 0 Å². The molecule has 0 saturated heterocycles. The second-order valence-corrected chi connectivity index (χ2v) is 4.12. The maximum atomic E-state index is 11.8. The Morgan fingerprint density at radius 2 is 2.18 bits per heavy atom. The molecule has 2 N–H and O–H groups in total. The van der Waals surface area contributed by atoms with Crippen molar-refractivity contribution in [3.63, 3.8) is 0 Å². The molecule has 0 aliphatic heterocycles. The Morgan fingerprint density at radius 3 is 2.71 bits per heavy atom. The summed E-state index contributed by atoms with van der Waals surface area (Å²) in [7, 11) is 0. The van der Waals surface area contributed by atoms with Crippen LogP contribution in [0.2, 0.25) is 0 Å². The summed E-state index contributed by atoms with van der Waals surface area (Å²) in [6.07, 6.45) is 3.98. The zero-order valence-electron chi connectivity index (χ0n) is 10.9. The molecule has 1 heterocycles. The topological polar surface area (TPSA) is 64.2 Å². The fourth-order valence-electron chi connectivity index (χ4n) is 1.85. The minimum atomic E-state index is -0.0546. The van der Waals surface area contributed by atoms with Gasteiger partial charge in [0.15, 0.2) is 0 Å². The Morgan fingerprint density at radius 1 is 1.53 bits per heavy atom. The Labute approximate surface area is 103 Å². The highest BCUT2D eigenvalue weighted by Crippen LogP contribution is 2.09. The Hall–Kier alpha value is -1.36. The van der Waals surface area contributed by atoms with Crippen molar-refractivity contribution in [3.05, 3.63) is 18.2 Å². The van der Waals surface area contributed by atoms with E-state index < -0.39 is 0 Å². The van der Waals surface area contributed by atoms with Crippen LogP contribution in [0.25, 0.3) is 0 Å². The summed E-state index contributed by atoms with van der Waals surface area (Å²) < 4.78 is 1.95. The van der Waals surface area contributed by atoms with Crippen molar-refractivity contribution in [2.45, 2.75) is 39.8 Å². The van der Waals surface area contributed by atoms with E-state index in [1.54, 1.807) is 12.5 Å². The average molecular weight is 238 g/mol. The van der Waals surface area contributed by atoms with Crippen molar-refractivity contribution in [3.8, 4) is 0 Å². The van der Waals surface area contributed by atoms with E-state index in [9.17, 15) is 4.79 Å². The second-order valence-electron chi connectivity index (χ2n) is 4.12. The van der Waals surface area contributed by atoms with Crippen LogP contribution in [0.3, 0.4) is 0 Å². The highest BCUT2D eigenvalue weighted by Gasteiger charge is 2.11. The number of amides is 1. The molecule has 0 radical (unpaired) electrons. The molecule has 17 heavy (non-hydrogen) atoms. The molecule has 0 aromatic carbocycles. The third kappa shape index (κ3) is 3.56. The smallest absolute Gasteiger partial charge is 0.224 e. The summed E-state index contributed by atoms with van der Waals surface area (Å²) in [5, 5.41) is 0. The zero-order chi connectivity index (χ0) is 12.8. The molecule has 1 aromatic heterocycles. The lowest BCUT2D eigenvalue weighted by atomic mass is 10.2. The normalized spacial score (nSPS) is 12.5. The molecule has 0 bridgehead atoms. The number of hydrogen-bond acceptors (Lipinski definition) is 3. The number of rotatable bonds is 6. The van der Waals surface area contributed by atoms with Crippen LogP contribution in [0, 0.1) is 0 Å². The van der Waals surface area contributed by atoms with E-state index in [-0.39, 0.29) is 11.9 Å². The van der Waals surface area contributed by atoms with Crippen LogP contribution in [-0.2, 0) is 11.3 Å². The lowest BCUT2D eigenvalue weighted by molar-refractivity contribution is -0.131. The average Bonchev–Trinajstić information content (AvgIpc) is 2.76. The molecule has 0 fully saturated rings. The molecule has 1 aromatic rings. The summed E-state index contributed by atoms with van der Waals surface area (Å²) in [6, 6.07) is -0.0546. The SMILES string of the molecule is CCN(CC)C(=O)CCn1cncc1C(C)N. The summed E-state index contributed by atoms with van der Waals surface area (Å²) in [5.41, 5.74) is 6.79. The highest BCUT2D eigenvalue weighted by molar-refractivity contribution is 5.76. The van der Waals surface area contributed by atoms with E-state index in [4.69, 9.17) is 5.73 Å². The maximum Gasteiger partial charge on any atom is 0.224 e. The Kier molecular flexibility index (Phi) is 5.15. The van der Waals surface area contributed by atoms with Gasteiger partial charge in [0.05, 0.1) is 12.0 Å².